The zero-order valence-corrected chi connectivity index (χ0v) is 9.36. The molecule has 82 valence electrons. The number of nitrogens with zero attached hydrogens (tertiary/aromatic N) is 2. The highest BCUT2D eigenvalue weighted by molar-refractivity contribution is 5.60. The summed E-state index contributed by atoms with van der Waals surface area (Å²) in [5.41, 5.74) is 2.23. The molecule has 4 heteroatoms. The first-order valence-electron chi connectivity index (χ1n) is 5.12. The van der Waals surface area contributed by atoms with Crippen LogP contribution in [0.25, 0.3) is 0 Å². The van der Waals surface area contributed by atoms with Crippen molar-refractivity contribution in [2.24, 2.45) is 0 Å². The standard InChI is InChI=1S/C12H14N4/c1-9-5-3-4-6-10(9)15-12-8-14-7-11(13-2)16-12/h3-8H,1-2H3,(H2,13,15,16). The van der Waals surface area contributed by atoms with Crippen molar-refractivity contribution in [2.75, 3.05) is 17.7 Å². The first-order valence-corrected chi connectivity index (χ1v) is 5.12. The summed E-state index contributed by atoms with van der Waals surface area (Å²) in [5, 5.41) is 6.19. The fourth-order valence-electron chi connectivity index (χ4n) is 1.40. The van der Waals surface area contributed by atoms with E-state index in [1.165, 1.54) is 5.56 Å². The van der Waals surface area contributed by atoms with E-state index in [9.17, 15) is 0 Å². The minimum absolute atomic E-state index is 0.737. The molecule has 1 aromatic carbocycles. The van der Waals surface area contributed by atoms with Crippen molar-refractivity contribution in [2.45, 2.75) is 6.92 Å². The van der Waals surface area contributed by atoms with E-state index in [-0.39, 0.29) is 0 Å². The number of nitrogens with one attached hydrogen (secondary N) is 2. The number of anilines is 3. The second-order valence-corrected chi connectivity index (χ2v) is 3.48. The summed E-state index contributed by atoms with van der Waals surface area (Å²) in [7, 11) is 1.82. The monoisotopic (exact) mass is 214 g/mol. The molecule has 0 atom stereocenters. The van der Waals surface area contributed by atoms with E-state index in [0.29, 0.717) is 0 Å². The highest BCUT2D eigenvalue weighted by atomic mass is 15.1. The fourth-order valence-corrected chi connectivity index (χ4v) is 1.40. The summed E-state index contributed by atoms with van der Waals surface area (Å²) in [5.74, 6) is 1.49. The third-order valence-corrected chi connectivity index (χ3v) is 2.30. The molecule has 1 aromatic heterocycles. The van der Waals surface area contributed by atoms with Gasteiger partial charge in [-0.3, -0.25) is 4.98 Å². The van der Waals surface area contributed by atoms with Crippen LogP contribution < -0.4 is 10.6 Å². The zero-order valence-electron chi connectivity index (χ0n) is 9.36. The predicted molar refractivity (Wildman–Crippen MR) is 66.0 cm³/mol. The maximum absolute atomic E-state index is 4.34. The van der Waals surface area contributed by atoms with Crippen molar-refractivity contribution >= 4 is 17.3 Å². The number of para-hydroxylation sites is 1. The summed E-state index contributed by atoms with van der Waals surface area (Å²) >= 11 is 0. The maximum Gasteiger partial charge on any atom is 0.151 e. The molecule has 0 radical (unpaired) electrons. The van der Waals surface area contributed by atoms with E-state index in [2.05, 4.69) is 33.6 Å². The lowest BCUT2D eigenvalue weighted by Crippen LogP contribution is -1.99. The van der Waals surface area contributed by atoms with Gasteiger partial charge in [0.25, 0.3) is 0 Å². The Morgan fingerprint density at radius 3 is 2.56 bits per heavy atom. The SMILES string of the molecule is CNc1cncc(Nc2ccccc2C)n1. The second-order valence-electron chi connectivity index (χ2n) is 3.48. The van der Waals surface area contributed by atoms with Crippen molar-refractivity contribution in [1.82, 2.24) is 9.97 Å². The van der Waals surface area contributed by atoms with Crippen LogP contribution in [-0.4, -0.2) is 17.0 Å². The molecule has 0 saturated heterocycles. The van der Waals surface area contributed by atoms with Gasteiger partial charge in [-0.2, -0.15) is 0 Å². The van der Waals surface area contributed by atoms with Crippen LogP contribution >= 0.6 is 0 Å². The van der Waals surface area contributed by atoms with Gasteiger partial charge in [0.05, 0.1) is 12.4 Å². The molecule has 0 aliphatic rings. The summed E-state index contributed by atoms with van der Waals surface area (Å²) in [6.07, 6.45) is 3.39. The molecular formula is C12H14N4. The predicted octanol–water partition coefficient (Wildman–Crippen LogP) is 2.57. The van der Waals surface area contributed by atoms with Gasteiger partial charge in [0.2, 0.25) is 0 Å². The molecule has 0 aliphatic carbocycles. The van der Waals surface area contributed by atoms with Gasteiger partial charge in [-0.1, -0.05) is 18.2 Å². The molecule has 2 rings (SSSR count). The van der Waals surface area contributed by atoms with Crippen LogP contribution in [0, 0.1) is 6.92 Å². The molecule has 0 unspecified atom stereocenters. The smallest absolute Gasteiger partial charge is 0.151 e. The van der Waals surface area contributed by atoms with Gasteiger partial charge >= 0.3 is 0 Å². The number of benzene rings is 1. The average molecular weight is 214 g/mol. The van der Waals surface area contributed by atoms with Crippen molar-refractivity contribution in [1.29, 1.82) is 0 Å². The lowest BCUT2D eigenvalue weighted by molar-refractivity contribution is 1.18. The highest BCUT2D eigenvalue weighted by Crippen LogP contribution is 2.18. The number of rotatable bonds is 3. The average Bonchev–Trinajstić information content (AvgIpc) is 2.32. The van der Waals surface area contributed by atoms with E-state index in [1.54, 1.807) is 12.4 Å². The van der Waals surface area contributed by atoms with Crippen molar-refractivity contribution < 1.29 is 0 Å². The van der Waals surface area contributed by atoms with Crippen LogP contribution in [0.2, 0.25) is 0 Å². The molecule has 2 aromatic rings. The van der Waals surface area contributed by atoms with Crippen LogP contribution in [0.15, 0.2) is 36.7 Å². The minimum Gasteiger partial charge on any atom is -0.372 e. The van der Waals surface area contributed by atoms with Gasteiger partial charge < -0.3 is 10.6 Å². The molecule has 0 spiro atoms. The summed E-state index contributed by atoms with van der Waals surface area (Å²) in [6.45, 7) is 2.05. The summed E-state index contributed by atoms with van der Waals surface area (Å²) in [6, 6.07) is 8.07. The number of aryl methyl sites for hydroxylation is 1. The Morgan fingerprint density at radius 1 is 1.06 bits per heavy atom. The Morgan fingerprint density at radius 2 is 1.81 bits per heavy atom. The molecule has 0 saturated carbocycles. The molecule has 0 bridgehead atoms. The quantitative estimate of drug-likeness (QED) is 0.824. The van der Waals surface area contributed by atoms with Crippen LogP contribution in [0.5, 0.6) is 0 Å². The first-order chi connectivity index (χ1) is 7.79. The van der Waals surface area contributed by atoms with Gasteiger partial charge in [-0.15, -0.1) is 0 Å². The second kappa shape index (κ2) is 4.61. The zero-order chi connectivity index (χ0) is 11.4. The Kier molecular flexibility index (Phi) is 3.00. The van der Waals surface area contributed by atoms with Crippen molar-refractivity contribution in [3.8, 4) is 0 Å². The van der Waals surface area contributed by atoms with E-state index in [1.807, 2.05) is 25.2 Å². The van der Waals surface area contributed by atoms with Crippen LogP contribution in [0.1, 0.15) is 5.56 Å². The minimum atomic E-state index is 0.737. The Bertz CT molecular complexity index is 482. The molecule has 2 N–H and O–H groups in total. The number of hydrogen-bond acceptors (Lipinski definition) is 4. The van der Waals surface area contributed by atoms with E-state index >= 15 is 0 Å². The Labute approximate surface area is 94.8 Å². The highest BCUT2D eigenvalue weighted by Gasteiger charge is 2.00. The van der Waals surface area contributed by atoms with Gasteiger partial charge in [-0.25, -0.2) is 4.98 Å². The lowest BCUT2D eigenvalue weighted by atomic mass is 10.2. The molecule has 0 fully saturated rings. The van der Waals surface area contributed by atoms with Crippen LogP contribution in [-0.2, 0) is 0 Å². The fraction of sp³-hybridized carbons (Fsp3) is 0.167. The normalized spacial score (nSPS) is 9.88. The Hall–Kier alpha value is -2.10. The molecule has 0 aliphatic heterocycles. The Balaban J connectivity index is 2.24. The van der Waals surface area contributed by atoms with Crippen LogP contribution in [0.4, 0.5) is 17.3 Å². The molecular weight excluding hydrogens is 200 g/mol. The lowest BCUT2D eigenvalue weighted by Gasteiger charge is -2.08. The summed E-state index contributed by atoms with van der Waals surface area (Å²) < 4.78 is 0. The number of aromatic nitrogens is 2. The van der Waals surface area contributed by atoms with Gasteiger partial charge in [0.15, 0.2) is 5.82 Å². The maximum atomic E-state index is 4.34. The third-order valence-electron chi connectivity index (χ3n) is 2.30. The molecule has 0 amide bonds. The first kappa shape index (κ1) is 10.4. The topological polar surface area (TPSA) is 49.8 Å². The van der Waals surface area contributed by atoms with E-state index in [4.69, 9.17) is 0 Å². The van der Waals surface area contributed by atoms with Crippen molar-refractivity contribution in [3.63, 3.8) is 0 Å². The largest absolute Gasteiger partial charge is 0.372 e. The van der Waals surface area contributed by atoms with Crippen LogP contribution in [0.3, 0.4) is 0 Å². The van der Waals surface area contributed by atoms with E-state index < -0.39 is 0 Å². The van der Waals surface area contributed by atoms with Gasteiger partial charge in [0, 0.05) is 12.7 Å². The van der Waals surface area contributed by atoms with Gasteiger partial charge in [-0.05, 0) is 18.6 Å². The van der Waals surface area contributed by atoms with E-state index in [0.717, 1.165) is 17.3 Å². The summed E-state index contributed by atoms with van der Waals surface area (Å²) in [4.78, 5) is 8.44. The third kappa shape index (κ3) is 2.28. The van der Waals surface area contributed by atoms with Gasteiger partial charge in [0.1, 0.15) is 5.82 Å². The molecule has 1 heterocycles. The molecule has 16 heavy (non-hydrogen) atoms. The number of hydrogen-bond donors (Lipinski definition) is 2. The molecule has 4 nitrogen and oxygen atoms in total. The van der Waals surface area contributed by atoms with Crippen molar-refractivity contribution in [3.05, 3.63) is 42.2 Å².